The maximum atomic E-state index is 2.75. The quantitative estimate of drug-likeness (QED) is 0.416. The van der Waals surface area contributed by atoms with Crippen LogP contribution in [0, 0.1) is 52.3 Å². The Kier molecular flexibility index (Phi) is 5.83. The summed E-state index contributed by atoms with van der Waals surface area (Å²) in [7, 11) is 0. The first kappa shape index (κ1) is 21.0. The number of hydrogen-bond donors (Lipinski definition) is 0. The van der Waals surface area contributed by atoms with Gasteiger partial charge in [0.25, 0.3) is 0 Å². The van der Waals surface area contributed by atoms with E-state index in [2.05, 4.69) is 47.6 Å². The molecule has 0 aromatic carbocycles. The number of hydrogen-bond acceptors (Lipinski definition) is 0. The van der Waals surface area contributed by atoms with Crippen LogP contribution in [0.4, 0.5) is 0 Å². The smallest absolute Gasteiger partial charge is 0.00851 e. The SMILES string of the molecule is CC(C)CCCC(C)C1CCC2[C@@H]3CC=C4C[C@@H](C)CC[C@]4(C)C3CC[C@]12C. The molecule has 0 aliphatic heterocycles. The zero-order valence-corrected chi connectivity index (χ0v) is 19.9. The Morgan fingerprint density at radius 2 is 1.75 bits per heavy atom. The van der Waals surface area contributed by atoms with Crippen LogP contribution in [0.1, 0.15) is 112 Å². The Labute approximate surface area is 176 Å². The van der Waals surface area contributed by atoms with Crippen molar-refractivity contribution in [1.29, 1.82) is 0 Å². The second-order valence-corrected chi connectivity index (χ2v) is 12.6. The van der Waals surface area contributed by atoms with Gasteiger partial charge in [-0.25, -0.2) is 0 Å². The second kappa shape index (κ2) is 7.77. The molecule has 0 aromatic rings. The molecule has 4 unspecified atom stereocenters. The van der Waals surface area contributed by atoms with Gasteiger partial charge in [-0.15, -0.1) is 0 Å². The first-order chi connectivity index (χ1) is 13.3. The summed E-state index contributed by atoms with van der Waals surface area (Å²) < 4.78 is 0. The molecular formula is C28H48. The summed E-state index contributed by atoms with van der Waals surface area (Å²) in [5, 5.41) is 0. The van der Waals surface area contributed by atoms with Crippen LogP contribution >= 0.6 is 0 Å². The zero-order valence-electron chi connectivity index (χ0n) is 19.9. The molecule has 0 radical (unpaired) electrons. The van der Waals surface area contributed by atoms with Gasteiger partial charge in [0.1, 0.15) is 0 Å². The molecule has 4 rings (SSSR count). The molecule has 0 amide bonds. The molecule has 0 bridgehead atoms. The molecule has 160 valence electrons. The van der Waals surface area contributed by atoms with Crippen molar-refractivity contribution in [3.05, 3.63) is 11.6 Å². The molecule has 0 aromatic heterocycles. The lowest BCUT2D eigenvalue weighted by Crippen LogP contribution is -2.50. The Morgan fingerprint density at radius 1 is 0.964 bits per heavy atom. The standard InChI is InChI=1S/C28H48/c1-19(2)8-7-9-21(4)24-12-13-25-23-11-10-22-18-20(3)14-16-27(22,5)26(23)15-17-28(24,25)6/h10,19-21,23-26H,7-9,11-18H2,1-6H3/t20-,21?,23-,24?,25?,26?,27-,28+/m0/s1. The fraction of sp³-hybridized carbons (Fsp3) is 0.929. The van der Waals surface area contributed by atoms with E-state index in [1.165, 1.54) is 70.6 Å². The van der Waals surface area contributed by atoms with Crippen LogP contribution in [0.15, 0.2) is 11.6 Å². The lowest BCUT2D eigenvalue weighted by atomic mass is 9.46. The number of fused-ring (bicyclic) bond motifs is 5. The minimum atomic E-state index is 0.553. The summed E-state index contributed by atoms with van der Waals surface area (Å²) in [5.74, 6) is 6.73. The first-order valence-corrected chi connectivity index (χ1v) is 12.9. The Balaban J connectivity index is 1.49. The third-order valence-corrected chi connectivity index (χ3v) is 10.6. The van der Waals surface area contributed by atoms with Crippen molar-refractivity contribution in [3.63, 3.8) is 0 Å². The van der Waals surface area contributed by atoms with E-state index < -0.39 is 0 Å². The van der Waals surface area contributed by atoms with Gasteiger partial charge in [-0.3, -0.25) is 0 Å². The average Bonchev–Trinajstić information content (AvgIpc) is 2.99. The Bertz CT molecular complexity index is 585. The van der Waals surface area contributed by atoms with Crippen molar-refractivity contribution >= 4 is 0 Å². The molecular weight excluding hydrogens is 336 g/mol. The van der Waals surface area contributed by atoms with E-state index in [9.17, 15) is 0 Å². The van der Waals surface area contributed by atoms with E-state index in [0.29, 0.717) is 10.8 Å². The van der Waals surface area contributed by atoms with Crippen molar-refractivity contribution < 1.29 is 0 Å². The van der Waals surface area contributed by atoms with Gasteiger partial charge in [0, 0.05) is 0 Å². The van der Waals surface area contributed by atoms with Gasteiger partial charge >= 0.3 is 0 Å². The van der Waals surface area contributed by atoms with Gasteiger partial charge in [0.05, 0.1) is 0 Å². The molecule has 8 atom stereocenters. The summed E-state index contributed by atoms with van der Waals surface area (Å²) in [6.07, 6.45) is 19.0. The van der Waals surface area contributed by atoms with Crippen LogP contribution in [0.3, 0.4) is 0 Å². The van der Waals surface area contributed by atoms with Crippen LogP contribution in [0.2, 0.25) is 0 Å². The fourth-order valence-corrected chi connectivity index (χ4v) is 8.87. The normalized spacial score (nSPS) is 46.5. The summed E-state index contributed by atoms with van der Waals surface area (Å²) in [6, 6.07) is 0. The molecule has 0 spiro atoms. The maximum absolute atomic E-state index is 2.75. The van der Waals surface area contributed by atoms with E-state index in [-0.39, 0.29) is 0 Å². The van der Waals surface area contributed by atoms with Gasteiger partial charge in [0.2, 0.25) is 0 Å². The Morgan fingerprint density at radius 3 is 2.50 bits per heavy atom. The molecule has 4 aliphatic carbocycles. The molecule has 0 heteroatoms. The minimum absolute atomic E-state index is 0.553. The van der Waals surface area contributed by atoms with E-state index in [1.807, 2.05) is 5.57 Å². The number of rotatable bonds is 5. The molecule has 0 N–H and O–H groups in total. The fourth-order valence-electron chi connectivity index (χ4n) is 8.87. The third kappa shape index (κ3) is 3.43. The summed E-state index contributed by atoms with van der Waals surface area (Å²) >= 11 is 0. The molecule has 0 nitrogen and oxygen atoms in total. The molecule has 28 heavy (non-hydrogen) atoms. The van der Waals surface area contributed by atoms with E-state index >= 15 is 0 Å². The number of allylic oxidation sites excluding steroid dienone is 2. The predicted octanol–water partition coefficient (Wildman–Crippen LogP) is 8.66. The minimum Gasteiger partial charge on any atom is -0.0845 e. The van der Waals surface area contributed by atoms with Gasteiger partial charge < -0.3 is 0 Å². The van der Waals surface area contributed by atoms with Crippen molar-refractivity contribution in [1.82, 2.24) is 0 Å². The van der Waals surface area contributed by atoms with Crippen molar-refractivity contribution in [2.45, 2.75) is 112 Å². The maximum Gasteiger partial charge on any atom is -0.00851 e. The van der Waals surface area contributed by atoms with Gasteiger partial charge in [0.15, 0.2) is 0 Å². The zero-order chi connectivity index (χ0) is 20.1. The highest BCUT2D eigenvalue weighted by Gasteiger charge is 2.58. The average molecular weight is 385 g/mol. The van der Waals surface area contributed by atoms with E-state index in [0.717, 1.165) is 41.4 Å². The topological polar surface area (TPSA) is 0 Å². The largest absolute Gasteiger partial charge is 0.0845 e. The highest BCUT2D eigenvalue weighted by atomic mass is 14.6. The van der Waals surface area contributed by atoms with E-state index in [4.69, 9.17) is 0 Å². The van der Waals surface area contributed by atoms with Crippen molar-refractivity contribution in [2.75, 3.05) is 0 Å². The second-order valence-electron chi connectivity index (χ2n) is 12.6. The third-order valence-electron chi connectivity index (χ3n) is 10.6. The lowest BCUT2D eigenvalue weighted by molar-refractivity contribution is -0.0523. The molecule has 0 heterocycles. The molecule has 3 fully saturated rings. The van der Waals surface area contributed by atoms with Gasteiger partial charge in [-0.05, 0) is 104 Å². The van der Waals surface area contributed by atoms with Crippen LogP contribution in [-0.2, 0) is 0 Å². The first-order valence-electron chi connectivity index (χ1n) is 12.9. The highest BCUT2D eigenvalue weighted by Crippen LogP contribution is 2.67. The van der Waals surface area contributed by atoms with Crippen LogP contribution in [-0.4, -0.2) is 0 Å². The van der Waals surface area contributed by atoms with Crippen LogP contribution in [0.5, 0.6) is 0 Å². The highest BCUT2D eigenvalue weighted by molar-refractivity contribution is 5.25. The van der Waals surface area contributed by atoms with Gasteiger partial charge in [-0.2, -0.15) is 0 Å². The monoisotopic (exact) mass is 384 g/mol. The predicted molar refractivity (Wildman–Crippen MR) is 122 cm³/mol. The van der Waals surface area contributed by atoms with Crippen molar-refractivity contribution in [3.8, 4) is 0 Å². The Hall–Kier alpha value is -0.260. The molecule has 3 saturated carbocycles. The molecule has 0 saturated heterocycles. The van der Waals surface area contributed by atoms with Crippen molar-refractivity contribution in [2.24, 2.45) is 52.3 Å². The summed E-state index contributed by atoms with van der Waals surface area (Å²) in [4.78, 5) is 0. The van der Waals surface area contributed by atoms with Crippen LogP contribution in [0.25, 0.3) is 0 Å². The van der Waals surface area contributed by atoms with Crippen LogP contribution < -0.4 is 0 Å². The summed E-state index contributed by atoms with van der Waals surface area (Å²) in [5.41, 5.74) is 3.06. The van der Waals surface area contributed by atoms with Gasteiger partial charge in [-0.1, -0.05) is 72.5 Å². The molecule has 4 aliphatic rings. The van der Waals surface area contributed by atoms with E-state index in [1.54, 1.807) is 0 Å². The summed E-state index contributed by atoms with van der Waals surface area (Å²) in [6.45, 7) is 15.3. The lowest BCUT2D eigenvalue weighted by Gasteiger charge is -2.58.